The van der Waals surface area contributed by atoms with Crippen LogP contribution in [0.2, 0.25) is 0 Å². The number of ether oxygens (including phenoxy) is 1. The van der Waals surface area contributed by atoms with Crippen molar-refractivity contribution < 1.29 is 32.6 Å². The largest absolute Gasteiger partial charge is 0.457 e. The maximum absolute atomic E-state index is 13.7. The number of fused-ring (bicyclic) bond motifs is 1. The number of nitrogens with zero attached hydrogens (tertiary/aromatic N) is 2. The number of hydrogen-bond acceptors (Lipinski definition) is 6. The number of carbonyl (C=O) groups excluding carboxylic acids is 2. The van der Waals surface area contributed by atoms with Crippen molar-refractivity contribution >= 4 is 23.3 Å². The van der Waals surface area contributed by atoms with Crippen molar-refractivity contribution in [2.24, 2.45) is 5.92 Å². The number of carbonyl (C=O) groups is 2. The van der Waals surface area contributed by atoms with E-state index in [9.17, 15) is 27.9 Å². The molecule has 2 atom stereocenters. The van der Waals surface area contributed by atoms with Gasteiger partial charge in [-0.1, -0.05) is 6.07 Å². The van der Waals surface area contributed by atoms with Gasteiger partial charge in [-0.25, -0.2) is 4.98 Å². The molecule has 2 amide bonds. The summed E-state index contributed by atoms with van der Waals surface area (Å²) in [4.78, 5) is 30.5. The summed E-state index contributed by atoms with van der Waals surface area (Å²) in [5.41, 5.74) is 1.73. The van der Waals surface area contributed by atoms with E-state index in [0.717, 1.165) is 23.3 Å². The quantitative estimate of drug-likeness (QED) is 0.364. The molecule has 2 aliphatic rings. The van der Waals surface area contributed by atoms with Gasteiger partial charge in [-0.2, -0.15) is 13.2 Å². The third-order valence-electron chi connectivity index (χ3n) is 7.29. The number of amides is 2. The molecule has 216 valence electrons. The van der Waals surface area contributed by atoms with Crippen LogP contribution < -0.4 is 15.4 Å². The van der Waals surface area contributed by atoms with Crippen LogP contribution in [0.5, 0.6) is 11.5 Å². The molecule has 2 heterocycles. The minimum Gasteiger partial charge on any atom is -0.457 e. The smallest absolute Gasteiger partial charge is 0.416 e. The maximum Gasteiger partial charge on any atom is 0.416 e. The fourth-order valence-corrected chi connectivity index (χ4v) is 5.36. The Morgan fingerprint density at radius 3 is 2.59 bits per heavy atom. The van der Waals surface area contributed by atoms with Crippen molar-refractivity contribution in [1.82, 2.24) is 9.88 Å². The Kier molecular flexibility index (Phi) is 8.27. The first kappa shape index (κ1) is 28.6. The number of aliphatic hydroxyl groups is 1. The Bertz CT molecular complexity index is 1450. The SMILES string of the molecule is CC(=O)Nc1cc(Oc2ccc3c(c2)CC(C(=O)Nc2cc(CN4CC[C@@H](O)C4)cc(C(F)(F)F)c2)CC3)ccn1. The van der Waals surface area contributed by atoms with E-state index in [1.54, 1.807) is 18.2 Å². The van der Waals surface area contributed by atoms with Crippen LogP contribution in [-0.2, 0) is 35.2 Å². The van der Waals surface area contributed by atoms with E-state index in [4.69, 9.17) is 4.74 Å². The zero-order valence-corrected chi connectivity index (χ0v) is 22.5. The van der Waals surface area contributed by atoms with Crippen LogP contribution in [-0.4, -0.2) is 46.0 Å². The highest BCUT2D eigenvalue weighted by atomic mass is 19.4. The number of pyridine rings is 1. The normalized spacial score (nSPS) is 19.0. The first-order valence-corrected chi connectivity index (χ1v) is 13.5. The van der Waals surface area contributed by atoms with Gasteiger partial charge in [0, 0.05) is 50.4 Å². The van der Waals surface area contributed by atoms with Gasteiger partial charge in [0.15, 0.2) is 0 Å². The van der Waals surface area contributed by atoms with Crippen LogP contribution in [0.3, 0.4) is 0 Å². The number of benzene rings is 2. The number of nitrogens with one attached hydrogen (secondary N) is 2. The summed E-state index contributed by atoms with van der Waals surface area (Å²) < 4.78 is 46.9. The second-order valence-corrected chi connectivity index (χ2v) is 10.6. The minimum atomic E-state index is -4.56. The number of halogens is 3. The molecule has 3 N–H and O–H groups in total. The zero-order valence-electron chi connectivity index (χ0n) is 22.5. The monoisotopic (exact) mass is 568 g/mol. The molecule has 1 aliphatic heterocycles. The summed E-state index contributed by atoms with van der Waals surface area (Å²) in [5.74, 6) is 0.396. The number of alkyl halides is 3. The summed E-state index contributed by atoms with van der Waals surface area (Å²) in [7, 11) is 0. The van der Waals surface area contributed by atoms with Crippen LogP contribution in [0, 0.1) is 5.92 Å². The average Bonchev–Trinajstić information content (AvgIpc) is 3.31. The van der Waals surface area contributed by atoms with Crippen LogP contribution in [0.4, 0.5) is 24.7 Å². The first-order chi connectivity index (χ1) is 19.5. The van der Waals surface area contributed by atoms with E-state index in [1.165, 1.54) is 13.1 Å². The fraction of sp³-hybridized carbons (Fsp3) is 0.367. The molecule has 41 heavy (non-hydrogen) atoms. The maximum atomic E-state index is 13.7. The number of anilines is 2. The Morgan fingerprint density at radius 2 is 1.85 bits per heavy atom. The minimum absolute atomic E-state index is 0.107. The molecule has 1 aliphatic carbocycles. The standard InChI is InChI=1S/C30H31F3N4O4/c1-18(38)35-28-15-27(6-8-34-28)41-26-5-4-20-2-3-21(12-22(20)13-26)29(40)36-24-11-19(10-23(14-24)30(31,32)33)16-37-9-7-25(39)17-37/h4-6,8,10-11,13-15,21,25,39H,2-3,7,9,12,16-17H2,1H3,(H,36,40)(H,34,35,38)/t21?,25-/m1/s1. The highest BCUT2D eigenvalue weighted by Crippen LogP contribution is 2.34. The molecule has 0 bridgehead atoms. The van der Waals surface area contributed by atoms with Gasteiger partial charge >= 0.3 is 6.18 Å². The second kappa shape index (κ2) is 11.9. The highest BCUT2D eigenvalue weighted by Gasteiger charge is 2.32. The molecule has 3 aromatic rings. The molecule has 8 nitrogen and oxygen atoms in total. The molecule has 1 aromatic heterocycles. The summed E-state index contributed by atoms with van der Waals surface area (Å²) in [6, 6.07) is 12.5. The van der Waals surface area contributed by atoms with E-state index in [2.05, 4.69) is 15.6 Å². The van der Waals surface area contributed by atoms with Crippen molar-refractivity contribution in [3.8, 4) is 11.5 Å². The Hall–Kier alpha value is -3.96. The lowest BCUT2D eigenvalue weighted by Gasteiger charge is -2.25. The highest BCUT2D eigenvalue weighted by molar-refractivity contribution is 5.93. The topological polar surface area (TPSA) is 104 Å². The molecule has 2 aromatic carbocycles. The van der Waals surface area contributed by atoms with E-state index in [0.29, 0.717) is 61.7 Å². The van der Waals surface area contributed by atoms with E-state index in [1.807, 2.05) is 23.1 Å². The van der Waals surface area contributed by atoms with E-state index >= 15 is 0 Å². The summed E-state index contributed by atoms with van der Waals surface area (Å²) in [6.07, 6.45) is -1.29. The average molecular weight is 569 g/mol. The number of aliphatic hydroxyl groups excluding tert-OH is 1. The van der Waals surface area contributed by atoms with E-state index in [-0.39, 0.29) is 24.0 Å². The van der Waals surface area contributed by atoms with Gasteiger partial charge in [0.25, 0.3) is 0 Å². The third kappa shape index (κ3) is 7.42. The third-order valence-corrected chi connectivity index (χ3v) is 7.29. The van der Waals surface area contributed by atoms with Crippen molar-refractivity contribution in [1.29, 1.82) is 0 Å². The lowest BCUT2D eigenvalue weighted by atomic mass is 9.83. The molecular formula is C30H31F3N4O4. The van der Waals surface area contributed by atoms with Gasteiger partial charge in [0.2, 0.25) is 11.8 Å². The van der Waals surface area contributed by atoms with Crippen LogP contribution in [0.25, 0.3) is 0 Å². The summed E-state index contributed by atoms with van der Waals surface area (Å²) in [5, 5.41) is 15.1. The number of β-amino-alcohol motifs (C(OH)–C–C–N with tert-alkyl or cyclic N) is 1. The van der Waals surface area contributed by atoms with Gasteiger partial charge in [0.05, 0.1) is 11.7 Å². The molecule has 0 saturated carbocycles. The number of aromatic nitrogens is 1. The number of rotatable bonds is 7. The van der Waals surface area contributed by atoms with Gasteiger partial charge in [0.1, 0.15) is 17.3 Å². The Labute approximate surface area is 235 Å². The number of likely N-dealkylation sites (tertiary alicyclic amines) is 1. The summed E-state index contributed by atoms with van der Waals surface area (Å²) in [6.45, 7) is 2.65. The predicted octanol–water partition coefficient (Wildman–Crippen LogP) is 5.16. The van der Waals surface area contributed by atoms with E-state index < -0.39 is 23.8 Å². The molecule has 5 rings (SSSR count). The van der Waals surface area contributed by atoms with Gasteiger partial charge < -0.3 is 20.5 Å². The Balaban J connectivity index is 1.28. The molecule has 1 unspecified atom stereocenters. The van der Waals surface area contributed by atoms with Crippen LogP contribution in [0.15, 0.2) is 54.7 Å². The lowest BCUT2D eigenvalue weighted by molar-refractivity contribution is -0.137. The van der Waals surface area contributed by atoms with Gasteiger partial charge in [-0.05, 0) is 78.8 Å². The lowest BCUT2D eigenvalue weighted by Crippen LogP contribution is -2.28. The van der Waals surface area contributed by atoms with Gasteiger partial charge in [-0.15, -0.1) is 0 Å². The van der Waals surface area contributed by atoms with Crippen molar-refractivity contribution in [2.45, 2.75) is 51.4 Å². The van der Waals surface area contributed by atoms with Crippen LogP contribution in [0.1, 0.15) is 42.0 Å². The second-order valence-electron chi connectivity index (χ2n) is 10.6. The Morgan fingerprint density at radius 1 is 1.05 bits per heavy atom. The first-order valence-electron chi connectivity index (χ1n) is 13.5. The molecule has 1 fully saturated rings. The molecule has 0 radical (unpaired) electrons. The summed E-state index contributed by atoms with van der Waals surface area (Å²) >= 11 is 0. The molecule has 1 saturated heterocycles. The molecular weight excluding hydrogens is 537 g/mol. The molecule has 11 heteroatoms. The fourth-order valence-electron chi connectivity index (χ4n) is 5.36. The van der Waals surface area contributed by atoms with Crippen molar-refractivity contribution in [3.63, 3.8) is 0 Å². The van der Waals surface area contributed by atoms with Crippen LogP contribution >= 0.6 is 0 Å². The predicted molar refractivity (Wildman–Crippen MR) is 147 cm³/mol. The van der Waals surface area contributed by atoms with Crippen molar-refractivity contribution in [3.05, 3.63) is 77.0 Å². The van der Waals surface area contributed by atoms with Gasteiger partial charge in [-0.3, -0.25) is 14.5 Å². The number of aryl methyl sites for hydroxylation is 1. The van der Waals surface area contributed by atoms with Crippen molar-refractivity contribution in [2.75, 3.05) is 23.7 Å². The zero-order chi connectivity index (χ0) is 29.1. The number of hydrogen-bond donors (Lipinski definition) is 3. The molecule has 0 spiro atoms.